The van der Waals surface area contributed by atoms with Crippen LogP contribution in [0.4, 0.5) is 0 Å². The first-order chi connectivity index (χ1) is 7.77. The van der Waals surface area contributed by atoms with E-state index in [9.17, 15) is 4.79 Å². The lowest BCUT2D eigenvalue weighted by molar-refractivity contribution is -0.133. The first-order valence-electron chi connectivity index (χ1n) is 5.70. The molecule has 6 heteroatoms. The molecule has 0 atom stereocenters. The summed E-state index contributed by atoms with van der Waals surface area (Å²) in [5, 5.41) is 20.9. The fourth-order valence-electron chi connectivity index (χ4n) is 1.76. The van der Waals surface area contributed by atoms with Gasteiger partial charge in [-0.25, -0.2) is 0 Å². The highest BCUT2D eigenvalue weighted by atomic mass is 16.3. The standard InChI is InChI=1S/C10H21N3O3/c14-7-5-13(6-8-15)10(16)9-12-3-1-11-2-4-12/h11,14-15H,1-9H2. The Kier molecular flexibility index (Phi) is 6.32. The van der Waals surface area contributed by atoms with E-state index < -0.39 is 0 Å². The summed E-state index contributed by atoms with van der Waals surface area (Å²) in [7, 11) is 0. The molecule has 0 saturated carbocycles. The van der Waals surface area contributed by atoms with Crippen molar-refractivity contribution in [1.82, 2.24) is 15.1 Å². The number of nitrogens with zero attached hydrogens (tertiary/aromatic N) is 2. The molecular formula is C10H21N3O3. The minimum absolute atomic E-state index is 0.0231. The Labute approximate surface area is 95.8 Å². The largest absolute Gasteiger partial charge is 0.395 e. The number of nitrogens with one attached hydrogen (secondary N) is 1. The summed E-state index contributed by atoms with van der Waals surface area (Å²) in [6.45, 7) is 4.41. The number of carbonyl (C=O) groups excluding carboxylic acids is 1. The lowest BCUT2D eigenvalue weighted by Gasteiger charge is -2.29. The van der Waals surface area contributed by atoms with Gasteiger partial charge in [0.1, 0.15) is 0 Å². The zero-order chi connectivity index (χ0) is 11.8. The van der Waals surface area contributed by atoms with Crippen LogP contribution in [0.1, 0.15) is 0 Å². The first-order valence-corrected chi connectivity index (χ1v) is 5.70. The summed E-state index contributed by atoms with van der Waals surface area (Å²) in [5.41, 5.74) is 0. The number of hydrogen-bond acceptors (Lipinski definition) is 5. The molecular weight excluding hydrogens is 210 g/mol. The Morgan fingerprint density at radius 1 is 1.19 bits per heavy atom. The molecule has 0 aromatic rings. The van der Waals surface area contributed by atoms with Crippen LogP contribution in [0.15, 0.2) is 0 Å². The number of amides is 1. The van der Waals surface area contributed by atoms with Gasteiger partial charge in [0.25, 0.3) is 0 Å². The molecule has 1 rings (SSSR count). The molecule has 0 aromatic heterocycles. The van der Waals surface area contributed by atoms with Crippen molar-refractivity contribution in [3.8, 4) is 0 Å². The Morgan fingerprint density at radius 3 is 2.25 bits per heavy atom. The van der Waals surface area contributed by atoms with Gasteiger partial charge >= 0.3 is 0 Å². The summed E-state index contributed by atoms with van der Waals surface area (Å²) in [5.74, 6) is -0.0231. The summed E-state index contributed by atoms with van der Waals surface area (Å²) in [6, 6.07) is 0. The Hall–Kier alpha value is -0.690. The maximum atomic E-state index is 11.8. The Morgan fingerprint density at radius 2 is 1.75 bits per heavy atom. The predicted molar refractivity (Wildman–Crippen MR) is 60.1 cm³/mol. The highest BCUT2D eigenvalue weighted by Gasteiger charge is 2.17. The van der Waals surface area contributed by atoms with Crippen molar-refractivity contribution in [2.75, 3.05) is 59.0 Å². The quantitative estimate of drug-likeness (QED) is 0.479. The second-order valence-electron chi connectivity index (χ2n) is 3.85. The second kappa shape index (κ2) is 7.56. The normalized spacial score (nSPS) is 17.4. The summed E-state index contributed by atoms with van der Waals surface area (Å²) in [4.78, 5) is 15.4. The van der Waals surface area contributed by atoms with Gasteiger partial charge in [0, 0.05) is 39.3 Å². The van der Waals surface area contributed by atoms with Crippen LogP contribution in [0.25, 0.3) is 0 Å². The van der Waals surface area contributed by atoms with E-state index in [-0.39, 0.29) is 19.1 Å². The molecule has 6 nitrogen and oxygen atoms in total. The van der Waals surface area contributed by atoms with Gasteiger partial charge in [0.2, 0.25) is 5.91 Å². The van der Waals surface area contributed by atoms with Gasteiger partial charge in [-0.2, -0.15) is 0 Å². The highest BCUT2D eigenvalue weighted by Crippen LogP contribution is 1.96. The van der Waals surface area contributed by atoms with Gasteiger partial charge in [-0.15, -0.1) is 0 Å². The molecule has 1 saturated heterocycles. The molecule has 1 aliphatic heterocycles. The van der Waals surface area contributed by atoms with Gasteiger partial charge in [0.05, 0.1) is 19.8 Å². The van der Waals surface area contributed by atoms with Crippen molar-refractivity contribution in [2.24, 2.45) is 0 Å². The van der Waals surface area contributed by atoms with Crippen molar-refractivity contribution in [3.05, 3.63) is 0 Å². The molecule has 1 fully saturated rings. The number of aliphatic hydroxyl groups excluding tert-OH is 2. The molecule has 16 heavy (non-hydrogen) atoms. The molecule has 0 aromatic carbocycles. The van der Waals surface area contributed by atoms with Crippen molar-refractivity contribution in [2.45, 2.75) is 0 Å². The van der Waals surface area contributed by atoms with E-state index >= 15 is 0 Å². The summed E-state index contributed by atoms with van der Waals surface area (Å²) >= 11 is 0. The van der Waals surface area contributed by atoms with E-state index in [1.54, 1.807) is 0 Å². The zero-order valence-electron chi connectivity index (χ0n) is 9.56. The molecule has 0 radical (unpaired) electrons. The van der Waals surface area contributed by atoms with Crippen LogP contribution in [0, 0.1) is 0 Å². The molecule has 94 valence electrons. The third kappa shape index (κ3) is 4.44. The average Bonchev–Trinajstić information content (AvgIpc) is 2.30. The third-order valence-corrected chi connectivity index (χ3v) is 2.66. The van der Waals surface area contributed by atoms with Crippen molar-refractivity contribution < 1.29 is 15.0 Å². The third-order valence-electron chi connectivity index (χ3n) is 2.66. The topological polar surface area (TPSA) is 76.0 Å². The maximum absolute atomic E-state index is 11.8. The van der Waals surface area contributed by atoms with Crippen LogP contribution in [0.3, 0.4) is 0 Å². The minimum Gasteiger partial charge on any atom is -0.395 e. The van der Waals surface area contributed by atoms with E-state index in [1.165, 1.54) is 4.90 Å². The number of rotatable bonds is 6. The molecule has 0 bridgehead atoms. The van der Waals surface area contributed by atoms with Crippen molar-refractivity contribution in [1.29, 1.82) is 0 Å². The Balaban J connectivity index is 2.34. The summed E-state index contributed by atoms with van der Waals surface area (Å²) < 4.78 is 0. The van der Waals surface area contributed by atoms with Crippen LogP contribution in [0.2, 0.25) is 0 Å². The molecule has 3 N–H and O–H groups in total. The average molecular weight is 231 g/mol. The Bertz CT molecular complexity index is 201. The SMILES string of the molecule is O=C(CN1CCNCC1)N(CCO)CCO. The van der Waals surface area contributed by atoms with E-state index in [4.69, 9.17) is 10.2 Å². The summed E-state index contributed by atoms with van der Waals surface area (Å²) in [6.07, 6.45) is 0. The molecule has 1 heterocycles. The van der Waals surface area contributed by atoms with Gasteiger partial charge in [0.15, 0.2) is 0 Å². The van der Waals surface area contributed by atoms with E-state index in [1.807, 2.05) is 0 Å². The predicted octanol–water partition coefficient (Wildman–Crippen LogP) is -2.30. The maximum Gasteiger partial charge on any atom is 0.236 e. The fourth-order valence-corrected chi connectivity index (χ4v) is 1.76. The van der Waals surface area contributed by atoms with Crippen molar-refractivity contribution in [3.63, 3.8) is 0 Å². The van der Waals surface area contributed by atoms with Gasteiger partial charge < -0.3 is 20.4 Å². The van der Waals surface area contributed by atoms with E-state index in [0.717, 1.165) is 26.2 Å². The van der Waals surface area contributed by atoms with Gasteiger partial charge in [-0.1, -0.05) is 0 Å². The monoisotopic (exact) mass is 231 g/mol. The van der Waals surface area contributed by atoms with E-state index in [0.29, 0.717) is 19.6 Å². The van der Waals surface area contributed by atoms with Crippen molar-refractivity contribution >= 4 is 5.91 Å². The smallest absolute Gasteiger partial charge is 0.236 e. The second-order valence-corrected chi connectivity index (χ2v) is 3.85. The van der Waals surface area contributed by atoms with Crippen LogP contribution >= 0.6 is 0 Å². The molecule has 0 spiro atoms. The lowest BCUT2D eigenvalue weighted by Crippen LogP contribution is -2.49. The fraction of sp³-hybridized carbons (Fsp3) is 0.900. The molecule has 1 amide bonds. The van der Waals surface area contributed by atoms with Crippen LogP contribution < -0.4 is 5.32 Å². The highest BCUT2D eigenvalue weighted by molar-refractivity contribution is 5.78. The van der Waals surface area contributed by atoms with Gasteiger partial charge in [-0.05, 0) is 0 Å². The first kappa shape index (κ1) is 13.4. The van der Waals surface area contributed by atoms with Gasteiger partial charge in [-0.3, -0.25) is 9.69 Å². The number of hydrogen-bond donors (Lipinski definition) is 3. The van der Waals surface area contributed by atoms with Crippen LogP contribution in [-0.2, 0) is 4.79 Å². The van der Waals surface area contributed by atoms with Crippen LogP contribution in [0.5, 0.6) is 0 Å². The minimum atomic E-state index is -0.0622. The number of carbonyl (C=O) groups is 1. The van der Waals surface area contributed by atoms with Crippen LogP contribution in [-0.4, -0.2) is 84.9 Å². The lowest BCUT2D eigenvalue weighted by atomic mass is 10.3. The molecule has 0 aliphatic carbocycles. The number of piperazine rings is 1. The zero-order valence-corrected chi connectivity index (χ0v) is 9.56. The molecule has 1 aliphatic rings. The number of aliphatic hydroxyl groups is 2. The molecule has 0 unspecified atom stereocenters. The van der Waals surface area contributed by atoms with E-state index in [2.05, 4.69) is 10.2 Å².